The SMILES string of the molecule is NCCN1CCC(c2nc3ccccc3o2)CC1. The number of piperidine rings is 1. The van der Waals surface area contributed by atoms with Gasteiger partial charge in [0.15, 0.2) is 11.5 Å². The van der Waals surface area contributed by atoms with Crippen molar-refractivity contribution in [3.8, 4) is 0 Å². The van der Waals surface area contributed by atoms with E-state index >= 15 is 0 Å². The van der Waals surface area contributed by atoms with E-state index in [0.717, 1.165) is 56.0 Å². The van der Waals surface area contributed by atoms with Crippen LogP contribution in [0.3, 0.4) is 0 Å². The number of benzene rings is 1. The quantitative estimate of drug-likeness (QED) is 0.898. The second-order valence-electron chi connectivity index (χ2n) is 4.92. The minimum absolute atomic E-state index is 0.464. The van der Waals surface area contributed by atoms with E-state index in [2.05, 4.69) is 9.88 Å². The van der Waals surface area contributed by atoms with Crippen molar-refractivity contribution in [2.75, 3.05) is 26.2 Å². The molecule has 18 heavy (non-hydrogen) atoms. The van der Waals surface area contributed by atoms with Crippen LogP contribution in [-0.2, 0) is 0 Å². The van der Waals surface area contributed by atoms with Gasteiger partial charge in [0.2, 0.25) is 0 Å². The average Bonchev–Trinajstić information content (AvgIpc) is 2.84. The van der Waals surface area contributed by atoms with Crippen LogP contribution in [0, 0.1) is 0 Å². The van der Waals surface area contributed by atoms with E-state index in [9.17, 15) is 0 Å². The summed E-state index contributed by atoms with van der Waals surface area (Å²) in [4.78, 5) is 7.01. The highest BCUT2D eigenvalue weighted by molar-refractivity contribution is 5.72. The molecular weight excluding hydrogens is 226 g/mol. The predicted molar refractivity (Wildman–Crippen MR) is 71.5 cm³/mol. The molecule has 0 radical (unpaired) electrons. The van der Waals surface area contributed by atoms with Gasteiger partial charge in [-0.2, -0.15) is 0 Å². The summed E-state index contributed by atoms with van der Waals surface area (Å²) in [5.41, 5.74) is 7.45. The molecule has 0 aliphatic carbocycles. The van der Waals surface area contributed by atoms with E-state index in [1.807, 2.05) is 24.3 Å². The van der Waals surface area contributed by atoms with E-state index in [0.29, 0.717) is 5.92 Å². The first kappa shape index (κ1) is 11.7. The Kier molecular flexibility index (Phi) is 3.30. The molecule has 1 fully saturated rings. The Bertz CT molecular complexity index is 481. The van der Waals surface area contributed by atoms with E-state index < -0.39 is 0 Å². The van der Waals surface area contributed by atoms with Crippen LogP contribution in [0.25, 0.3) is 11.1 Å². The Morgan fingerprint density at radius 2 is 2.06 bits per heavy atom. The molecule has 0 saturated carbocycles. The number of likely N-dealkylation sites (tertiary alicyclic amines) is 1. The van der Waals surface area contributed by atoms with Crippen LogP contribution in [0.5, 0.6) is 0 Å². The molecule has 1 aliphatic rings. The fourth-order valence-corrected chi connectivity index (χ4v) is 2.65. The molecule has 2 aromatic rings. The number of para-hydroxylation sites is 2. The van der Waals surface area contributed by atoms with Gasteiger partial charge in [0.25, 0.3) is 0 Å². The van der Waals surface area contributed by atoms with Crippen LogP contribution in [0.15, 0.2) is 28.7 Å². The van der Waals surface area contributed by atoms with Crippen LogP contribution in [-0.4, -0.2) is 36.1 Å². The van der Waals surface area contributed by atoms with Crippen LogP contribution in [0.1, 0.15) is 24.7 Å². The zero-order chi connectivity index (χ0) is 12.4. The molecular formula is C14H19N3O. The zero-order valence-corrected chi connectivity index (χ0v) is 10.5. The molecule has 2 N–H and O–H groups in total. The summed E-state index contributed by atoms with van der Waals surface area (Å²) < 4.78 is 5.85. The largest absolute Gasteiger partial charge is 0.440 e. The number of hydrogen-bond acceptors (Lipinski definition) is 4. The third-order valence-corrected chi connectivity index (χ3v) is 3.69. The molecule has 4 nitrogen and oxygen atoms in total. The lowest BCUT2D eigenvalue weighted by atomic mass is 9.97. The van der Waals surface area contributed by atoms with Gasteiger partial charge in [-0.15, -0.1) is 0 Å². The molecule has 1 saturated heterocycles. The molecule has 2 heterocycles. The number of nitrogens with two attached hydrogens (primary N) is 1. The minimum Gasteiger partial charge on any atom is -0.440 e. The number of nitrogens with zero attached hydrogens (tertiary/aromatic N) is 2. The summed E-state index contributed by atoms with van der Waals surface area (Å²) in [6, 6.07) is 7.97. The molecule has 96 valence electrons. The van der Waals surface area contributed by atoms with Gasteiger partial charge in [-0.25, -0.2) is 4.98 Å². The first-order chi connectivity index (χ1) is 8.86. The minimum atomic E-state index is 0.464. The summed E-state index contributed by atoms with van der Waals surface area (Å²) in [6.07, 6.45) is 2.24. The van der Waals surface area contributed by atoms with Crippen molar-refractivity contribution in [2.45, 2.75) is 18.8 Å². The number of aromatic nitrogens is 1. The Morgan fingerprint density at radius 1 is 1.28 bits per heavy atom. The maximum Gasteiger partial charge on any atom is 0.198 e. The van der Waals surface area contributed by atoms with Crippen LogP contribution in [0.2, 0.25) is 0 Å². The maximum atomic E-state index is 5.85. The molecule has 0 bridgehead atoms. The fourth-order valence-electron chi connectivity index (χ4n) is 2.65. The summed E-state index contributed by atoms with van der Waals surface area (Å²) in [5, 5.41) is 0. The third-order valence-electron chi connectivity index (χ3n) is 3.69. The molecule has 0 spiro atoms. The van der Waals surface area contributed by atoms with Crippen molar-refractivity contribution in [3.63, 3.8) is 0 Å². The number of oxazole rings is 1. The molecule has 1 aromatic carbocycles. The summed E-state index contributed by atoms with van der Waals surface area (Å²) in [6.45, 7) is 3.94. The fraction of sp³-hybridized carbons (Fsp3) is 0.500. The smallest absolute Gasteiger partial charge is 0.198 e. The van der Waals surface area contributed by atoms with Gasteiger partial charge in [0, 0.05) is 19.0 Å². The van der Waals surface area contributed by atoms with Crippen LogP contribution < -0.4 is 5.73 Å². The van der Waals surface area contributed by atoms with Gasteiger partial charge in [0.05, 0.1) is 0 Å². The van der Waals surface area contributed by atoms with Crippen LogP contribution in [0.4, 0.5) is 0 Å². The lowest BCUT2D eigenvalue weighted by Gasteiger charge is -2.29. The Hall–Kier alpha value is -1.39. The van der Waals surface area contributed by atoms with Crippen LogP contribution >= 0.6 is 0 Å². The highest BCUT2D eigenvalue weighted by Gasteiger charge is 2.24. The highest BCUT2D eigenvalue weighted by Crippen LogP contribution is 2.29. The Labute approximate surface area is 107 Å². The summed E-state index contributed by atoms with van der Waals surface area (Å²) in [7, 11) is 0. The second-order valence-corrected chi connectivity index (χ2v) is 4.92. The van der Waals surface area contributed by atoms with Crippen molar-refractivity contribution < 1.29 is 4.42 Å². The normalized spacial score (nSPS) is 18.5. The average molecular weight is 245 g/mol. The topological polar surface area (TPSA) is 55.3 Å². The lowest BCUT2D eigenvalue weighted by Crippen LogP contribution is -2.36. The highest BCUT2D eigenvalue weighted by atomic mass is 16.3. The van der Waals surface area contributed by atoms with Gasteiger partial charge >= 0.3 is 0 Å². The maximum absolute atomic E-state index is 5.85. The number of fused-ring (bicyclic) bond motifs is 1. The van der Waals surface area contributed by atoms with E-state index in [1.54, 1.807) is 0 Å². The molecule has 1 aliphatic heterocycles. The summed E-state index contributed by atoms with van der Waals surface area (Å²) >= 11 is 0. The first-order valence-electron chi connectivity index (χ1n) is 6.64. The van der Waals surface area contributed by atoms with Gasteiger partial charge in [0.1, 0.15) is 5.52 Å². The number of rotatable bonds is 3. The molecule has 1 aromatic heterocycles. The standard InChI is InChI=1S/C14H19N3O/c15-7-10-17-8-5-11(6-9-17)14-16-12-3-1-2-4-13(12)18-14/h1-4,11H,5-10,15H2. The molecule has 3 rings (SSSR count). The van der Waals surface area contributed by atoms with E-state index in [1.165, 1.54) is 0 Å². The molecule has 0 atom stereocenters. The molecule has 0 unspecified atom stereocenters. The van der Waals surface area contributed by atoms with Gasteiger partial charge in [-0.1, -0.05) is 12.1 Å². The van der Waals surface area contributed by atoms with Crippen molar-refractivity contribution in [1.82, 2.24) is 9.88 Å². The first-order valence-corrected chi connectivity index (χ1v) is 6.64. The molecule has 4 heteroatoms. The lowest BCUT2D eigenvalue weighted by molar-refractivity contribution is 0.206. The Balaban J connectivity index is 1.72. The van der Waals surface area contributed by atoms with Gasteiger partial charge in [-0.3, -0.25) is 0 Å². The van der Waals surface area contributed by atoms with Crippen molar-refractivity contribution >= 4 is 11.1 Å². The third kappa shape index (κ3) is 2.26. The van der Waals surface area contributed by atoms with Gasteiger partial charge in [-0.05, 0) is 38.1 Å². The predicted octanol–water partition coefficient (Wildman–Crippen LogP) is 1.97. The second kappa shape index (κ2) is 5.08. The van der Waals surface area contributed by atoms with Crippen molar-refractivity contribution in [2.24, 2.45) is 5.73 Å². The van der Waals surface area contributed by atoms with Gasteiger partial charge < -0.3 is 15.1 Å². The van der Waals surface area contributed by atoms with E-state index in [-0.39, 0.29) is 0 Å². The monoisotopic (exact) mass is 245 g/mol. The Morgan fingerprint density at radius 3 is 2.78 bits per heavy atom. The van der Waals surface area contributed by atoms with E-state index in [4.69, 9.17) is 10.2 Å². The zero-order valence-electron chi connectivity index (χ0n) is 10.5. The van der Waals surface area contributed by atoms with Crippen molar-refractivity contribution in [3.05, 3.63) is 30.2 Å². The van der Waals surface area contributed by atoms with Crippen molar-refractivity contribution in [1.29, 1.82) is 0 Å². The summed E-state index contributed by atoms with van der Waals surface area (Å²) in [5.74, 6) is 1.37. The number of hydrogen-bond donors (Lipinski definition) is 1. The molecule has 0 amide bonds.